The highest BCUT2D eigenvalue weighted by molar-refractivity contribution is 5.45. The first-order chi connectivity index (χ1) is 10.2. The highest BCUT2D eigenvalue weighted by atomic mass is 14.9. The van der Waals surface area contributed by atoms with E-state index in [2.05, 4.69) is 25.4 Å². The molecule has 2 heteroatoms. The molecular weight excluding hydrogens is 256 g/mol. The van der Waals surface area contributed by atoms with Crippen LogP contribution in [0.3, 0.4) is 0 Å². The maximum absolute atomic E-state index is 6.12. The van der Waals surface area contributed by atoms with Gasteiger partial charge in [-0.1, -0.05) is 62.9 Å². The van der Waals surface area contributed by atoms with Gasteiger partial charge in [0.15, 0.2) is 0 Å². The quantitative estimate of drug-likeness (QED) is 0.625. The summed E-state index contributed by atoms with van der Waals surface area (Å²) in [4.78, 5) is 0. The van der Waals surface area contributed by atoms with Crippen molar-refractivity contribution < 1.29 is 0 Å². The Balaban J connectivity index is 2.57. The number of anilines is 1. The van der Waals surface area contributed by atoms with E-state index in [1.165, 1.54) is 5.57 Å². The first-order valence-corrected chi connectivity index (χ1v) is 7.39. The molecule has 0 radical (unpaired) electrons. The van der Waals surface area contributed by atoms with Crippen molar-refractivity contribution in [3.8, 4) is 0 Å². The topological polar surface area (TPSA) is 38.0 Å². The average molecular weight is 282 g/mol. The Kier molecular flexibility index (Phi) is 7.73. The Bertz CT molecular complexity index is 498. The predicted molar refractivity (Wildman–Crippen MR) is 93.8 cm³/mol. The second-order valence-corrected chi connectivity index (χ2v) is 5.09. The van der Waals surface area contributed by atoms with Crippen LogP contribution < -0.4 is 11.1 Å². The Morgan fingerprint density at radius 2 is 1.95 bits per heavy atom. The van der Waals surface area contributed by atoms with Gasteiger partial charge in [-0.15, -0.1) is 0 Å². The van der Waals surface area contributed by atoms with Crippen molar-refractivity contribution in [2.75, 3.05) is 5.32 Å². The summed E-state index contributed by atoms with van der Waals surface area (Å²) < 4.78 is 0. The van der Waals surface area contributed by atoms with Crippen molar-refractivity contribution in [1.82, 2.24) is 0 Å². The molecule has 1 aromatic rings. The van der Waals surface area contributed by atoms with E-state index in [1.807, 2.05) is 48.7 Å². The van der Waals surface area contributed by atoms with E-state index in [4.69, 9.17) is 5.73 Å². The van der Waals surface area contributed by atoms with Gasteiger partial charge in [-0.05, 0) is 36.5 Å². The van der Waals surface area contributed by atoms with Crippen molar-refractivity contribution in [3.05, 3.63) is 79.2 Å². The molecule has 0 fully saturated rings. The molecule has 0 saturated heterocycles. The van der Waals surface area contributed by atoms with Crippen LogP contribution >= 0.6 is 0 Å². The summed E-state index contributed by atoms with van der Waals surface area (Å²) >= 11 is 0. The molecule has 0 saturated carbocycles. The van der Waals surface area contributed by atoms with E-state index in [0.717, 1.165) is 30.6 Å². The van der Waals surface area contributed by atoms with Gasteiger partial charge in [0.05, 0.1) is 0 Å². The number of hydrogen-bond acceptors (Lipinski definition) is 2. The molecule has 0 amide bonds. The van der Waals surface area contributed by atoms with E-state index >= 15 is 0 Å². The summed E-state index contributed by atoms with van der Waals surface area (Å²) in [6.45, 7) is 9.77. The van der Waals surface area contributed by atoms with Crippen LogP contribution in [0.2, 0.25) is 0 Å². The molecule has 0 unspecified atom stereocenters. The maximum Gasteiger partial charge on any atom is 0.0380 e. The summed E-state index contributed by atoms with van der Waals surface area (Å²) in [5, 5.41) is 3.23. The Labute approximate surface area is 128 Å². The fourth-order valence-corrected chi connectivity index (χ4v) is 2.17. The zero-order chi connectivity index (χ0) is 15.5. The highest BCUT2D eigenvalue weighted by Crippen LogP contribution is 2.22. The lowest BCUT2D eigenvalue weighted by molar-refractivity contribution is 0.501. The lowest BCUT2D eigenvalue weighted by Crippen LogP contribution is -2.09. The summed E-state index contributed by atoms with van der Waals surface area (Å²) in [7, 11) is 0. The van der Waals surface area contributed by atoms with Gasteiger partial charge in [-0.3, -0.25) is 0 Å². The first kappa shape index (κ1) is 16.8. The van der Waals surface area contributed by atoms with Gasteiger partial charge in [0.1, 0.15) is 0 Å². The Morgan fingerprint density at radius 1 is 1.24 bits per heavy atom. The molecule has 21 heavy (non-hydrogen) atoms. The molecule has 0 aliphatic rings. The highest BCUT2D eigenvalue weighted by Gasteiger charge is 2.09. The van der Waals surface area contributed by atoms with Crippen molar-refractivity contribution >= 4 is 5.69 Å². The monoisotopic (exact) mass is 282 g/mol. The fourth-order valence-electron chi connectivity index (χ4n) is 2.17. The van der Waals surface area contributed by atoms with Crippen molar-refractivity contribution in [1.29, 1.82) is 0 Å². The molecule has 0 aliphatic heterocycles. The van der Waals surface area contributed by atoms with Crippen molar-refractivity contribution in [3.63, 3.8) is 0 Å². The van der Waals surface area contributed by atoms with Crippen molar-refractivity contribution in [2.45, 2.75) is 26.2 Å². The smallest absolute Gasteiger partial charge is 0.0380 e. The van der Waals surface area contributed by atoms with Crippen LogP contribution in [0.15, 0.2) is 79.2 Å². The lowest BCUT2D eigenvalue weighted by Gasteiger charge is -2.16. The van der Waals surface area contributed by atoms with E-state index in [0.29, 0.717) is 5.92 Å². The Hall–Kier alpha value is -2.22. The molecule has 1 aromatic carbocycles. The van der Waals surface area contributed by atoms with Crippen LogP contribution in [0.1, 0.15) is 26.2 Å². The van der Waals surface area contributed by atoms with Gasteiger partial charge >= 0.3 is 0 Å². The molecule has 0 aliphatic carbocycles. The molecule has 0 spiro atoms. The number of nitrogens with one attached hydrogen (secondary N) is 1. The number of rotatable bonds is 9. The van der Waals surface area contributed by atoms with E-state index in [1.54, 1.807) is 6.08 Å². The van der Waals surface area contributed by atoms with E-state index < -0.39 is 0 Å². The minimum atomic E-state index is 0.517. The summed E-state index contributed by atoms with van der Waals surface area (Å²) in [6, 6.07) is 10.0. The van der Waals surface area contributed by atoms with Gasteiger partial charge in [0, 0.05) is 17.6 Å². The summed E-state index contributed by atoms with van der Waals surface area (Å²) in [5.74, 6) is 0.517. The number of hydrogen-bond donors (Lipinski definition) is 2. The second-order valence-electron chi connectivity index (χ2n) is 5.09. The summed E-state index contributed by atoms with van der Waals surface area (Å²) in [5.41, 5.74) is 9.25. The fraction of sp³-hybridized carbons (Fsp3) is 0.263. The molecular formula is C19H26N2. The first-order valence-electron chi connectivity index (χ1n) is 7.39. The van der Waals surface area contributed by atoms with Crippen LogP contribution in [-0.4, -0.2) is 0 Å². The average Bonchev–Trinajstić information content (AvgIpc) is 2.52. The molecule has 3 N–H and O–H groups in total. The van der Waals surface area contributed by atoms with E-state index in [9.17, 15) is 0 Å². The normalized spacial score (nSPS) is 13.6. The number of nitrogens with two attached hydrogens (primary N) is 1. The van der Waals surface area contributed by atoms with Gasteiger partial charge in [0.2, 0.25) is 0 Å². The molecule has 0 bridgehead atoms. The van der Waals surface area contributed by atoms with Crippen LogP contribution in [-0.2, 0) is 0 Å². The third kappa shape index (κ3) is 6.66. The second kappa shape index (κ2) is 9.65. The largest absolute Gasteiger partial charge is 0.401 e. The molecule has 112 valence electrons. The number of para-hydroxylation sites is 1. The third-order valence-electron chi connectivity index (χ3n) is 3.42. The van der Waals surface area contributed by atoms with Gasteiger partial charge < -0.3 is 11.1 Å². The van der Waals surface area contributed by atoms with Gasteiger partial charge in [-0.25, -0.2) is 0 Å². The maximum atomic E-state index is 6.12. The minimum Gasteiger partial charge on any atom is -0.401 e. The number of benzene rings is 1. The van der Waals surface area contributed by atoms with Crippen molar-refractivity contribution in [2.24, 2.45) is 11.7 Å². The summed E-state index contributed by atoms with van der Waals surface area (Å²) in [6.07, 6.45) is 10.5. The zero-order valence-corrected chi connectivity index (χ0v) is 12.9. The van der Waals surface area contributed by atoms with Crippen LogP contribution in [0.5, 0.6) is 0 Å². The molecule has 1 rings (SSSR count). The van der Waals surface area contributed by atoms with Crippen LogP contribution in [0.25, 0.3) is 0 Å². The molecule has 0 heterocycles. The molecule has 1 atom stereocenters. The van der Waals surface area contributed by atoms with E-state index in [-0.39, 0.29) is 0 Å². The zero-order valence-electron chi connectivity index (χ0n) is 12.9. The lowest BCUT2D eigenvalue weighted by atomic mass is 9.92. The molecule has 0 aromatic heterocycles. The van der Waals surface area contributed by atoms with Crippen LogP contribution in [0.4, 0.5) is 5.69 Å². The van der Waals surface area contributed by atoms with Gasteiger partial charge in [0.25, 0.3) is 0 Å². The Morgan fingerprint density at radius 3 is 2.52 bits per heavy atom. The minimum absolute atomic E-state index is 0.517. The molecule has 2 nitrogen and oxygen atoms in total. The van der Waals surface area contributed by atoms with Gasteiger partial charge in [-0.2, -0.15) is 0 Å². The SMILES string of the molecule is C=C/C=C(\C=C)C[C@@H](CC)C/C(N)=C/Nc1ccccc1. The third-order valence-corrected chi connectivity index (χ3v) is 3.42. The van der Waals surface area contributed by atoms with Crippen LogP contribution in [0, 0.1) is 5.92 Å². The number of allylic oxidation sites excluding steroid dienone is 5. The standard InChI is InChI=1S/C19H26N2/c1-4-10-16(5-2)13-17(6-3)14-18(20)15-21-19-11-8-7-9-12-19/h4-5,7-12,15,17,21H,1-2,6,13-14,20H2,3H3/b16-10+,18-15-/t17-/m1/s1. The predicted octanol–water partition coefficient (Wildman–Crippen LogP) is 5.00.